The fourth-order valence-corrected chi connectivity index (χ4v) is 2.86. The van der Waals surface area contributed by atoms with Gasteiger partial charge in [-0.3, -0.25) is 14.6 Å². The number of halogens is 1. The highest BCUT2D eigenvalue weighted by atomic mass is 19.1. The van der Waals surface area contributed by atoms with Crippen LogP contribution < -0.4 is 5.32 Å². The van der Waals surface area contributed by atoms with Crippen LogP contribution in [0.2, 0.25) is 0 Å². The van der Waals surface area contributed by atoms with Gasteiger partial charge >= 0.3 is 0 Å². The van der Waals surface area contributed by atoms with Crippen LogP contribution in [0.1, 0.15) is 40.3 Å². The third kappa shape index (κ3) is 5.04. The summed E-state index contributed by atoms with van der Waals surface area (Å²) in [6.07, 6.45) is 1.41. The molecule has 5 nitrogen and oxygen atoms in total. The third-order valence-electron chi connectivity index (χ3n) is 4.44. The summed E-state index contributed by atoms with van der Waals surface area (Å²) >= 11 is 0. The van der Waals surface area contributed by atoms with Crippen molar-refractivity contribution in [3.63, 3.8) is 0 Å². The van der Waals surface area contributed by atoms with E-state index in [0.717, 1.165) is 5.56 Å². The van der Waals surface area contributed by atoms with Crippen LogP contribution in [0.4, 0.5) is 10.1 Å². The molecule has 0 spiro atoms. The molecule has 0 radical (unpaired) electrons. The Morgan fingerprint density at radius 3 is 2.41 bits per heavy atom. The number of benzene rings is 2. The van der Waals surface area contributed by atoms with E-state index in [9.17, 15) is 14.0 Å². The van der Waals surface area contributed by atoms with Gasteiger partial charge in [-0.1, -0.05) is 42.5 Å². The number of anilines is 1. The summed E-state index contributed by atoms with van der Waals surface area (Å²) < 4.78 is 13.8. The van der Waals surface area contributed by atoms with Crippen molar-refractivity contribution in [2.45, 2.75) is 26.4 Å². The summed E-state index contributed by atoms with van der Waals surface area (Å²) in [6.45, 7) is 4.29. The number of aromatic nitrogens is 1. The van der Waals surface area contributed by atoms with E-state index in [2.05, 4.69) is 10.3 Å². The molecule has 0 saturated heterocycles. The molecule has 0 saturated carbocycles. The smallest absolute Gasteiger partial charge is 0.272 e. The molecule has 2 aromatic carbocycles. The van der Waals surface area contributed by atoms with Crippen LogP contribution in [-0.2, 0) is 6.54 Å². The van der Waals surface area contributed by atoms with Gasteiger partial charge in [0.05, 0.1) is 5.69 Å². The molecule has 0 aliphatic rings. The molecule has 0 atom stereocenters. The second-order valence-corrected chi connectivity index (χ2v) is 6.88. The Hall–Kier alpha value is -3.54. The Kier molecular flexibility index (Phi) is 6.34. The number of para-hydroxylation sites is 1. The number of carbonyl (C=O) groups is 2. The van der Waals surface area contributed by atoms with Gasteiger partial charge in [0.15, 0.2) is 0 Å². The van der Waals surface area contributed by atoms with Crippen molar-refractivity contribution in [1.29, 1.82) is 0 Å². The van der Waals surface area contributed by atoms with Gasteiger partial charge < -0.3 is 10.2 Å². The van der Waals surface area contributed by atoms with Crippen molar-refractivity contribution >= 4 is 17.5 Å². The monoisotopic (exact) mass is 391 g/mol. The number of hydrogen-bond acceptors (Lipinski definition) is 3. The highest BCUT2D eigenvalue weighted by molar-refractivity contribution is 6.05. The van der Waals surface area contributed by atoms with Gasteiger partial charge in [0.25, 0.3) is 11.8 Å². The van der Waals surface area contributed by atoms with Gasteiger partial charge in [-0.05, 0) is 43.7 Å². The van der Waals surface area contributed by atoms with Gasteiger partial charge in [0, 0.05) is 24.3 Å². The lowest BCUT2D eigenvalue weighted by atomic mass is 10.1. The van der Waals surface area contributed by atoms with Crippen LogP contribution in [0.5, 0.6) is 0 Å². The number of rotatable bonds is 6. The minimum atomic E-state index is -0.528. The number of pyridine rings is 1. The van der Waals surface area contributed by atoms with E-state index in [1.165, 1.54) is 30.5 Å². The second-order valence-electron chi connectivity index (χ2n) is 6.88. The minimum absolute atomic E-state index is 0.0552. The Labute approximate surface area is 169 Å². The van der Waals surface area contributed by atoms with Crippen molar-refractivity contribution in [2.24, 2.45) is 0 Å². The molecule has 6 heteroatoms. The SMILES string of the molecule is CC(C)N(Cc1ccccc1)C(=O)c1cc(C(=O)Nc2ccccc2F)ccn1. The molecule has 148 valence electrons. The number of nitrogens with zero attached hydrogens (tertiary/aromatic N) is 2. The maximum atomic E-state index is 13.8. The fraction of sp³-hybridized carbons (Fsp3) is 0.174. The van der Waals surface area contributed by atoms with E-state index in [0.29, 0.717) is 6.54 Å². The Bertz CT molecular complexity index is 1010. The zero-order valence-corrected chi connectivity index (χ0v) is 16.3. The van der Waals surface area contributed by atoms with Crippen molar-refractivity contribution < 1.29 is 14.0 Å². The largest absolute Gasteiger partial charge is 0.331 e. The van der Waals surface area contributed by atoms with E-state index < -0.39 is 11.7 Å². The first-order valence-electron chi connectivity index (χ1n) is 9.32. The number of nitrogens with one attached hydrogen (secondary N) is 1. The molecule has 1 N–H and O–H groups in total. The highest BCUT2D eigenvalue weighted by Crippen LogP contribution is 2.16. The van der Waals surface area contributed by atoms with Gasteiger partial charge in [-0.15, -0.1) is 0 Å². The molecule has 1 heterocycles. The van der Waals surface area contributed by atoms with Gasteiger partial charge in [0.1, 0.15) is 11.5 Å². The molecule has 0 fully saturated rings. The molecule has 0 aliphatic carbocycles. The normalized spacial score (nSPS) is 10.6. The van der Waals surface area contributed by atoms with E-state index in [-0.39, 0.29) is 28.9 Å². The average Bonchev–Trinajstić information content (AvgIpc) is 2.74. The number of hydrogen-bond donors (Lipinski definition) is 1. The maximum absolute atomic E-state index is 13.8. The standard InChI is InChI=1S/C23H22FN3O2/c1-16(2)27(15-17-8-4-3-5-9-17)23(29)21-14-18(12-13-25-21)22(28)26-20-11-7-6-10-19(20)24/h3-14,16H,15H2,1-2H3,(H,26,28). The lowest BCUT2D eigenvalue weighted by molar-refractivity contribution is 0.0684. The van der Waals surface area contributed by atoms with Crippen molar-refractivity contribution in [1.82, 2.24) is 9.88 Å². The Balaban J connectivity index is 1.80. The summed E-state index contributed by atoms with van der Waals surface area (Å²) in [5.74, 6) is -1.31. The predicted molar refractivity (Wildman–Crippen MR) is 110 cm³/mol. The molecule has 0 unspecified atom stereocenters. The molecule has 0 bridgehead atoms. The van der Waals surface area contributed by atoms with E-state index >= 15 is 0 Å². The third-order valence-corrected chi connectivity index (χ3v) is 4.44. The summed E-state index contributed by atoms with van der Waals surface area (Å²) in [5.41, 5.74) is 1.48. The van der Waals surface area contributed by atoms with E-state index in [1.807, 2.05) is 44.2 Å². The lowest BCUT2D eigenvalue weighted by Gasteiger charge is -2.26. The molecule has 3 aromatic rings. The van der Waals surface area contributed by atoms with Crippen molar-refractivity contribution in [2.75, 3.05) is 5.32 Å². The fourth-order valence-electron chi connectivity index (χ4n) is 2.86. The van der Waals surface area contributed by atoms with E-state index in [4.69, 9.17) is 0 Å². The van der Waals surface area contributed by atoms with Crippen LogP contribution in [0.3, 0.4) is 0 Å². The van der Waals surface area contributed by atoms with Crippen molar-refractivity contribution in [3.05, 3.63) is 95.6 Å². The van der Waals surface area contributed by atoms with Crippen LogP contribution in [-0.4, -0.2) is 27.7 Å². The summed E-state index contributed by atoms with van der Waals surface area (Å²) in [7, 11) is 0. The van der Waals surface area contributed by atoms with Crippen LogP contribution >= 0.6 is 0 Å². The molecule has 29 heavy (non-hydrogen) atoms. The van der Waals surface area contributed by atoms with Crippen LogP contribution in [0.15, 0.2) is 72.9 Å². The Morgan fingerprint density at radius 2 is 1.72 bits per heavy atom. The van der Waals surface area contributed by atoms with E-state index in [1.54, 1.807) is 17.0 Å². The topological polar surface area (TPSA) is 62.3 Å². The highest BCUT2D eigenvalue weighted by Gasteiger charge is 2.21. The van der Waals surface area contributed by atoms with Crippen LogP contribution in [0, 0.1) is 5.82 Å². The average molecular weight is 391 g/mol. The van der Waals surface area contributed by atoms with Gasteiger partial charge in [-0.25, -0.2) is 4.39 Å². The first-order chi connectivity index (χ1) is 14.0. The zero-order valence-electron chi connectivity index (χ0n) is 16.3. The Morgan fingerprint density at radius 1 is 1.03 bits per heavy atom. The number of carbonyl (C=O) groups excluding carboxylic acids is 2. The summed E-state index contributed by atoms with van der Waals surface area (Å²) in [4.78, 5) is 31.4. The molecule has 2 amide bonds. The molecular weight excluding hydrogens is 369 g/mol. The predicted octanol–water partition coefficient (Wildman–Crippen LogP) is 4.52. The maximum Gasteiger partial charge on any atom is 0.272 e. The summed E-state index contributed by atoms with van der Waals surface area (Å²) in [5, 5.41) is 2.52. The van der Waals surface area contributed by atoms with Gasteiger partial charge in [-0.2, -0.15) is 0 Å². The number of amides is 2. The second kappa shape index (κ2) is 9.10. The first kappa shape index (κ1) is 20.2. The lowest BCUT2D eigenvalue weighted by Crippen LogP contribution is -2.37. The molecular formula is C23H22FN3O2. The molecule has 3 rings (SSSR count). The molecule has 1 aromatic heterocycles. The van der Waals surface area contributed by atoms with Gasteiger partial charge in [0.2, 0.25) is 0 Å². The van der Waals surface area contributed by atoms with Crippen molar-refractivity contribution in [3.8, 4) is 0 Å². The quantitative estimate of drug-likeness (QED) is 0.672. The zero-order chi connectivity index (χ0) is 20.8. The van der Waals surface area contributed by atoms with Crippen LogP contribution in [0.25, 0.3) is 0 Å². The minimum Gasteiger partial charge on any atom is -0.331 e. The molecule has 0 aliphatic heterocycles. The summed E-state index contributed by atoms with van der Waals surface area (Å²) in [6, 6.07) is 18.4. The first-order valence-corrected chi connectivity index (χ1v) is 9.32.